The van der Waals surface area contributed by atoms with Crippen LogP contribution < -0.4 is 0 Å². The molecule has 0 bridgehead atoms. The molecule has 144 valence electrons. The molecule has 1 aliphatic rings. The molecule has 1 aromatic carbocycles. The van der Waals surface area contributed by atoms with Gasteiger partial charge in [0.25, 0.3) is 0 Å². The second-order valence-electron chi connectivity index (χ2n) is 7.16. The van der Waals surface area contributed by atoms with Crippen molar-refractivity contribution in [1.29, 1.82) is 0 Å². The Morgan fingerprint density at radius 3 is 2.64 bits per heavy atom. The molecule has 4 rings (SSSR count). The largest absolute Gasteiger partial charge is 0.386 e. The highest BCUT2D eigenvalue weighted by Gasteiger charge is 2.24. The summed E-state index contributed by atoms with van der Waals surface area (Å²) in [6.45, 7) is 1.85. The Bertz CT molecular complexity index is 924. The Morgan fingerprint density at radius 2 is 1.86 bits per heavy atom. The van der Waals surface area contributed by atoms with Crippen molar-refractivity contribution >= 4 is 5.91 Å². The maximum atomic E-state index is 12.6. The molecule has 6 heteroatoms. The Balaban J connectivity index is 1.36. The number of aliphatic hydroxyl groups excluding tert-OH is 1. The third-order valence-corrected chi connectivity index (χ3v) is 5.16. The molecule has 0 saturated carbocycles. The molecule has 3 aromatic rings. The number of nitrogens with zero attached hydrogens (tertiary/aromatic N) is 4. The molecule has 1 N–H and O–H groups in total. The van der Waals surface area contributed by atoms with Crippen LogP contribution in [0.1, 0.15) is 35.0 Å². The first-order valence-corrected chi connectivity index (χ1v) is 9.64. The molecule has 1 amide bonds. The highest BCUT2D eigenvalue weighted by atomic mass is 16.3. The van der Waals surface area contributed by atoms with E-state index in [2.05, 4.69) is 10.1 Å². The monoisotopic (exact) mass is 376 g/mol. The fraction of sp³-hybridized carbons (Fsp3) is 0.318. The number of carbonyl (C=O) groups is 1. The zero-order valence-corrected chi connectivity index (χ0v) is 15.7. The minimum absolute atomic E-state index is 0.149. The van der Waals surface area contributed by atoms with Crippen LogP contribution in [-0.4, -0.2) is 37.2 Å². The SMILES string of the molecule is O=C(CCc1ccncc1)N1CCn2nc([C@@H](O)Cc3ccccc3)cc2C1. The number of aromatic nitrogens is 3. The highest BCUT2D eigenvalue weighted by molar-refractivity contribution is 5.76. The van der Waals surface area contributed by atoms with E-state index in [0.717, 1.165) is 23.2 Å². The second-order valence-corrected chi connectivity index (χ2v) is 7.16. The quantitative estimate of drug-likeness (QED) is 0.718. The van der Waals surface area contributed by atoms with Crippen LogP contribution in [0.25, 0.3) is 0 Å². The molecule has 0 radical (unpaired) electrons. The van der Waals surface area contributed by atoms with Gasteiger partial charge in [-0.1, -0.05) is 30.3 Å². The first-order chi connectivity index (χ1) is 13.7. The number of hydrogen-bond donors (Lipinski definition) is 1. The van der Waals surface area contributed by atoms with E-state index in [4.69, 9.17) is 0 Å². The van der Waals surface area contributed by atoms with Crippen LogP contribution in [-0.2, 0) is 30.7 Å². The van der Waals surface area contributed by atoms with Crippen molar-refractivity contribution in [2.75, 3.05) is 6.54 Å². The van der Waals surface area contributed by atoms with E-state index in [-0.39, 0.29) is 5.91 Å². The Kier molecular flexibility index (Phi) is 5.48. The van der Waals surface area contributed by atoms with Crippen molar-refractivity contribution in [3.63, 3.8) is 0 Å². The first-order valence-electron chi connectivity index (χ1n) is 9.64. The van der Waals surface area contributed by atoms with Gasteiger partial charge in [0.05, 0.1) is 24.5 Å². The zero-order chi connectivity index (χ0) is 19.3. The van der Waals surface area contributed by atoms with Crippen LogP contribution in [0.5, 0.6) is 0 Å². The van der Waals surface area contributed by atoms with Gasteiger partial charge >= 0.3 is 0 Å². The van der Waals surface area contributed by atoms with E-state index in [1.807, 2.05) is 58.1 Å². The van der Waals surface area contributed by atoms with Gasteiger partial charge in [-0.3, -0.25) is 14.5 Å². The molecule has 0 saturated heterocycles. The second kappa shape index (κ2) is 8.35. The van der Waals surface area contributed by atoms with Crippen LogP contribution in [0.15, 0.2) is 60.9 Å². The number of amides is 1. The first kappa shape index (κ1) is 18.4. The van der Waals surface area contributed by atoms with E-state index in [1.165, 1.54) is 0 Å². The lowest BCUT2D eigenvalue weighted by atomic mass is 10.1. The molecule has 0 unspecified atom stereocenters. The van der Waals surface area contributed by atoms with Gasteiger partial charge in [0.2, 0.25) is 5.91 Å². The summed E-state index contributed by atoms with van der Waals surface area (Å²) in [6, 6.07) is 15.7. The summed E-state index contributed by atoms with van der Waals surface area (Å²) in [4.78, 5) is 18.5. The van der Waals surface area contributed by atoms with Crippen molar-refractivity contribution in [1.82, 2.24) is 19.7 Å². The lowest BCUT2D eigenvalue weighted by Gasteiger charge is -2.27. The molecule has 3 heterocycles. The van der Waals surface area contributed by atoms with Crippen molar-refractivity contribution < 1.29 is 9.90 Å². The number of carbonyl (C=O) groups excluding carboxylic acids is 1. The number of rotatable bonds is 6. The van der Waals surface area contributed by atoms with Gasteiger partial charge in [0.1, 0.15) is 6.10 Å². The molecule has 28 heavy (non-hydrogen) atoms. The molecule has 6 nitrogen and oxygen atoms in total. The van der Waals surface area contributed by atoms with Gasteiger partial charge in [0.15, 0.2) is 0 Å². The number of benzene rings is 1. The Morgan fingerprint density at radius 1 is 1.07 bits per heavy atom. The number of pyridine rings is 1. The van der Waals surface area contributed by atoms with E-state index in [1.54, 1.807) is 12.4 Å². The van der Waals surface area contributed by atoms with Crippen molar-refractivity contribution in [2.45, 2.75) is 38.5 Å². The summed E-state index contributed by atoms with van der Waals surface area (Å²) in [7, 11) is 0. The molecule has 1 atom stereocenters. The molecule has 0 fully saturated rings. The molecular formula is C22H24N4O2. The van der Waals surface area contributed by atoms with Gasteiger partial charge in [-0.2, -0.15) is 5.10 Å². The van der Waals surface area contributed by atoms with Crippen molar-refractivity contribution in [3.05, 3.63) is 83.4 Å². The van der Waals surface area contributed by atoms with Crippen LogP contribution >= 0.6 is 0 Å². The van der Waals surface area contributed by atoms with Crippen LogP contribution in [0.3, 0.4) is 0 Å². The number of hydrogen-bond acceptors (Lipinski definition) is 4. The lowest BCUT2D eigenvalue weighted by molar-refractivity contribution is -0.132. The molecule has 0 spiro atoms. The summed E-state index contributed by atoms with van der Waals surface area (Å²) in [5, 5.41) is 15.1. The smallest absolute Gasteiger partial charge is 0.223 e. The maximum absolute atomic E-state index is 12.6. The van der Waals surface area contributed by atoms with Crippen molar-refractivity contribution in [2.24, 2.45) is 0 Å². The van der Waals surface area contributed by atoms with Crippen LogP contribution in [0.4, 0.5) is 0 Å². The summed E-state index contributed by atoms with van der Waals surface area (Å²) in [6.07, 6.45) is 4.60. The van der Waals surface area contributed by atoms with Gasteiger partial charge in [0, 0.05) is 31.8 Å². The third kappa shape index (κ3) is 4.28. The highest BCUT2D eigenvalue weighted by Crippen LogP contribution is 2.21. The minimum Gasteiger partial charge on any atom is -0.386 e. The normalized spacial score (nSPS) is 14.5. The lowest BCUT2D eigenvalue weighted by Crippen LogP contribution is -2.38. The van der Waals surface area contributed by atoms with Crippen LogP contribution in [0.2, 0.25) is 0 Å². The van der Waals surface area contributed by atoms with Gasteiger partial charge in [-0.05, 0) is 35.7 Å². The van der Waals surface area contributed by atoms with Crippen molar-refractivity contribution in [3.8, 4) is 0 Å². The number of aryl methyl sites for hydroxylation is 1. The van der Waals surface area contributed by atoms with Gasteiger partial charge < -0.3 is 10.0 Å². The maximum Gasteiger partial charge on any atom is 0.223 e. The average molecular weight is 376 g/mol. The van der Waals surface area contributed by atoms with E-state index < -0.39 is 6.10 Å². The molecule has 1 aliphatic heterocycles. The van der Waals surface area contributed by atoms with Crippen LogP contribution in [0, 0.1) is 0 Å². The number of aliphatic hydroxyl groups is 1. The Labute approximate surface area is 164 Å². The summed E-state index contributed by atoms with van der Waals surface area (Å²) in [5.41, 5.74) is 3.85. The minimum atomic E-state index is -0.642. The topological polar surface area (TPSA) is 71.2 Å². The van der Waals surface area contributed by atoms with E-state index >= 15 is 0 Å². The Hall–Kier alpha value is -2.99. The van der Waals surface area contributed by atoms with Gasteiger partial charge in [-0.25, -0.2) is 0 Å². The summed E-state index contributed by atoms with van der Waals surface area (Å²) in [5.74, 6) is 0.149. The fourth-order valence-corrected chi connectivity index (χ4v) is 3.57. The molecule has 2 aromatic heterocycles. The predicted molar refractivity (Wildman–Crippen MR) is 105 cm³/mol. The molecular weight excluding hydrogens is 352 g/mol. The fourth-order valence-electron chi connectivity index (χ4n) is 3.57. The predicted octanol–water partition coefficient (Wildman–Crippen LogP) is 2.53. The zero-order valence-electron chi connectivity index (χ0n) is 15.7. The summed E-state index contributed by atoms with van der Waals surface area (Å²) >= 11 is 0. The summed E-state index contributed by atoms with van der Waals surface area (Å²) < 4.78 is 1.91. The van der Waals surface area contributed by atoms with Gasteiger partial charge in [-0.15, -0.1) is 0 Å². The van der Waals surface area contributed by atoms with E-state index in [9.17, 15) is 9.90 Å². The average Bonchev–Trinajstić information content (AvgIpc) is 3.17. The number of fused-ring (bicyclic) bond motifs is 1. The molecule has 0 aliphatic carbocycles. The standard InChI is InChI=1S/C22H24N4O2/c27-21(14-18-4-2-1-3-5-18)20-15-19-16-25(12-13-26(19)24-20)22(28)7-6-17-8-10-23-11-9-17/h1-5,8-11,15,21,27H,6-7,12-14,16H2/t21-/m0/s1. The third-order valence-electron chi connectivity index (χ3n) is 5.16. The van der Waals surface area contributed by atoms with E-state index in [0.29, 0.717) is 38.2 Å².